The maximum atomic E-state index is 13.7. The van der Waals surface area contributed by atoms with Gasteiger partial charge in [-0.2, -0.15) is 0 Å². The van der Waals surface area contributed by atoms with Gasteiger partial charge in [0.15, 0.2) is 0 Å². The second kappa shape index (κ2) is 13.7. The third-order valence-electron chi connectivity index (χ3n) is 6.58. The summed E-state index contributed by atoms with van der Waals surface area (Å²) in [5.41, 5.74) is 0.598. The summed E-state index contributed by atoms with van der Waals surface area (Å²) in [6.07, 6.45) is 1.57. The Kier molecular flexibility index (Phi) is 9.99. The maximum Gasteiger partial charge on any atom is 0.306 e. The zero-order chi connectivity index (χ0) is 31.1. The van der Waals surface area contributed by atoms with Gasteiger partial charge in [0.1, 0.15) is 23.1 Å². The first-order valence-electron chi connectivity index (χ1n) is 13.9. The molecule has 1 amide bonds. The van der Waals surface area contributed by atoms with Crippen molar-refractivity contribution >= 4 is 22.8 Å². The molecular formula is C32H34F2N4O5. The Morgan fingerprint density at radius 1 is 0.977 bits per heavy atom. The van der Waals surface area contributed by atoms with Gasteiger partial charge in [0.2, 0.25) is 0 Å². The highest BCUT2D eigenvalue weighted by Gasteiger charge is 2.20. The van der Waals surface area contributed by atoms with Gasteiger partial charge in [0.05, 0.1) is 29.2 Å². The number of esters is 1. The smallest absolute Gasteiger partial charge is 0.306 e. The van der Waals surface area contributed by atoms with Gasteiger partial charge in [-0.1, -0.05) is 12.1 Å². The Morgan fingerprint density at radius 2 is 1.63 bits per heavy atom. The summed E-state index contributed by atoms with van der Waals surface area (Å²) < 4.78 is 33.9. The highest BCUT2D eigenvalue weighted by Crippen LogP contribution is 2.20. The van der Waals surface area contributed by atoms with Crippen molar-refractivity contribution in [1.29, 1.82) is 0 Å². The highest BCUT2D eigenvalue weighted by atomic mass is 19.1. The number of carbonyl (C=O) groups excluding carboxylic acids is 2. The fraction of sp³-hybridized carbons (Fsp3) is 0.312. The number of aryl methyl sites for hydroxylation is 1. The summed E-state index contributed by atoms with van der Waals surface area (Å²) in [6.45, 7) is 5.34. The zero-order valence-corrected chi connectivity index (χ0v) is 24.2. The largest absolute Gasteiger partial charge is 0.460 e. The first kappa shape index (κ1) is 31.5. The van der Waals surface area contributed by atoms with Crippen molar-refractivity contribution in [2.24, 2.45) is 5.90 Å². The second-order valence-corrected chi connectivity index (χ2v) is 11.1. The molecule has 0 saturated heterocycles. The van der Waals surface area contributed by atoms with E-state index in [1.807, 2.05) is 0 Å². The van der Waals surface area contributed by atoms with Gasteiger partial charge in [-0.15, -0.1) is 0 Å². The number of unbranched alkanes of at least 4 members (excludes halogenated alkanes) is 1. The predicted octanol–water partition coefficient (Wildman–Crippen LogP) is 5.08. The van der Waals surface area contributed by atoms with Crippen LogP contribution in [0.1, 0.15) is 67.8 Å². The number of halogens is 2. The summed E-state index contributed by atoms with van der Waals surface area (Å²) in [6, 6.07) is 14.9. The van der Waals surface area contributed by atoms with Crippen molar-refractivity contribution in [3.63, 3.8) is 0 Å². The van der Waals surface area contributed by atoms with E-state index in [0.29, 0.717) is 41.9 Å². The Hall–Kier alpha value is -4.48. The molecular weight excluding hydrogens is 558 g/mol. The minimum Gasteiger partial charge on any atom is -0.460 e. The van der Waals surface area contributed by atoms with Gasteiger partial charge < -0.3 is 14.9 Å². The zero-order valence-electron chi connectivity index (χ0n) is 24.2. The summed E-state index contributed by atoms with van der Waals surface area (Å²) in [5.74, 6) is 4.00. The third-order valence-corrected chi connectivity index (χ3v) is 6.58. The van der Waals surface area contributed by atoms with E-state index in [-0.39, 0.29) is 35.5 Å². The lowest BCUT2D eigenvalue weighted by Crippen LogP contribution is -2.32. The number of rotatable bonds is 11. The number of hydrogen-bond acceptors (Lipinski definition) is 7. The molecule has 43 heavy (non-hydrogen) atoms. The molecule has 0 aliphatic carbocycles. The Bertz CT molecular complexity index is 1650. The molecule has 0 aliphatic heterocycles. The van der Waals surface area contributed by atoms with Crippen molar-refractivity contribution < 1.29 is 27.9 Å². The molecule has 11 heteroatoms. The van der Waals surface area contributed by atoms with E-state index in [1.165, 1.54) is 71.3 Å². The number of ether oxygens (including phenoxy) is 1. The maximum absolute atomic E-state index is 13.7. The second-order valence-electron chi connectivity index (χ2n) is 11.1. The predicted molar refractivity (Wildman–Crippen MR) is 157 cm³/mol. The fourth-order valence-corrected chi connectivity index (χ4v) is 4.60. The van der Waals surface area contributed by atoms with Gasteiger partial charge in [0, 0.05) is 18.4 Å². The normalized spacial score (nSPS) is 12.2. The molecule has 1 aromatic heterocycles. The van der Waals surface area contributed by atoms with Crippen molar-refractivity contribution in [1.82, 2.24) is 14.9 Å². The van der Waals surface area contributed by atoms with E-state index in [0.717, 1.165) is 0 Å². The van der Waals surface area contributed by atoms with Gasteiger partial charge in [-0.3, -0.25) is 19.0 Å². The average molecular weight is 593 g/mol. The topological polar surface area (TPSA) is 126 Å². The molecule has 1 heterocycles. The van der Waals surface area contributed by atoms with Crippen LogP contribution in [0.2, 0.25) is 0 Å². The molecule has 0 radical (unpaired) electrons. The first-order valence-corrected chi connectivity index (χ1v) is 13.9. The van der Waals surface area contributed by atoms with Crippen molar-refractivity contribution in [3.05, 3.63) is 106 Å². The van der Waals surface area contributed by atoms with Crippen LogP contribution < -0.4 is 16.8 Å². The minimum atomic E-state index is -0.659. The average Bonchev–Trinajstić information content (AvgIpc) is 2.95. The fourth-order valence-electron chi connectivity index (χ4n) is 4.60. The molecule has 3 aromatic carbocycles. The molecule has 0 unspecified atom stereocenters. The van der Waals surface area contributed by atoms with E-state index in [1.54, 1.807) is 20.8 Å². The summed E-state index contributed by atoms with van der Waals surface area (Å²) >= 11 is 0. The van der Waals surface area contributed by atoms with Crippen LogP contribution in [0.3, 0.4) is 0 Å². The van der Waals surface area contributed by atoms with Crippen molar-refractivity contribution in [2.45, 2.75) is 58.1 Å². The van der Waals surface area contributed by atoms with Gasteiger partial charge in [0.25, 0.3) is 11.5 Å². The van der Waals surface area contributed by atoms with E-state index in [9.17, 15) is 23.2 Å². The lowest BCUT2D eigenvalue weighted by atomic mass is 10.1. The number of nitrogens with one attached hydrogen (secondary N) is 1. The number of benzene rings is 3. The molecule has 226 valence electrons. The summed E-state index contributed by atoms with van der Waals surface area (Å²) in [5, 5.41) is 3.08. The first-order chi connectivity index (χ1) is 20.4. The molecule has 1 atom stereocenters. The van der Waals surface area contributed by atoms with Gasteiger partial charge >= 0.3 is 5.97 Å². The molecule has 0 aliphatic rings. The molecule has 9 nitrogen and oxygen atoms in total. The van der Waals surface area contributed by atoms with E-state index in [2.05, 4.69) is 5.32 Å². The van der Waals surface area contributed by atoms with Crippen LogP contribution in [-0.2, 0) is 20.8 Å². The van der Waals surface area contributed by atoms with E-state index in [4.69, 9.17) is 20.5 Å². The quantitative estimate of drug-likeness (QED) is 0.141. The minimum absolute atomic E-state index is 0.0565. The Morgan fingerprint density at radius 3 is 2.26 bits per heavy atom. The van der Waals surface area contributed by atoms with Crippen LogP contribution in [0, 0.1) is 11.6 Å². The van der Waals surface area contributed by atoms with E-state index >= 15 is 0 Å². The van der Waals surface area contributed by atoms with Crippen molar-refractivity contribution in [2.75, 3.05) is 6.61 Å². The molecule has 0 spiro atoms. The van der Waals surface area contributed by atoms with Gasteiger partial charge in [-0.25, -0.2) is 19.7 Å². The number of nitrogens with zero attached hydrogens (tertiary/aromatic N) is 2. The van der Waals surface area contributed by atoms with Crippen molar-refractivity contribution in [3.8, 4) is 5.69 Å². The van der Waals surface area contributed by atoms with Gasteiger partial charge in [-0.05, 0) is 93.8 Å². The number of carbonyl (C=O) groups is 2. The van der Waals surface area contributed by atoms with Crippen LogP contribution in [0.5, 0.6) is 0 Å². The molecule has 3 N–H and O–H groups in total. The number of nitrogens with two attached hydrogens (primary N) is 1. The number of amides is 1. The van der Waals surface area contributed by atoms with Crippen LogP contribution in [0.4, 0.5) is 8.78 Å². The number of aromatic nitrogens is 2. The van der Waals surface area contributed by atoms with Crippen LogP contribution in [-0.4, -0.2) is 33.6 Å². The van der Waals surface area contributed by atoms with Crippen LogP contribution in [0.15, 0.2) is 71.5 Å². The lowest BCUT2D eigenvalue weighted by Gasteiger charge is -2.19. The summed E-state index contributed by atoms with van der Waals surface area (Å²) in [4.78, 5) is 48.5. The number of fused-ring (bicyclic) bond motifs is 1. The van der Waals surface area contributed by atoms with Crippen LogP contribution >= 0.6 is 0 Å². The SMILES string of the molecule is CC(C)(C)OC(=O)CCCCc1nc2cc(C(=O)N[C@@H](CON)c3ccc(F)cc3)ccc2c(=O)n1-c1ccc(F)cc1. The Labute approximate surface area is 247 Å². The van der Waals surface area contributed by atoms with Crippen LogP contribution in [0.25, 0.3) is 16.6 Å². The third kappa shape index (κ3) is 8.30. The van der Waals surface area contributed by atoms with E-state index < -0.39 is 29.2 Å². The monoisotopic (exact) mass is 592 g/mol. The lowest BCUT2D eigenvalue weighted by molar-refractivity contribution is -0.154. The molecule has 0 saturated carbocycles. The highest BCUT2D eigenvalue weighted by molar-refractivity contribution is 5.98. The summed E-state index contributed by atoms with van der Waals surface area (Å²) in [7, 11) is 0. The molecule has 4 rings (SSSR count). The molecule has 0 bridgehead atoms. The molecule has 0 fully saturated rings. The Balaban J connectivity index is 1.63. The standard InChI is InChI=1S/C32H34F2N4O5/c1-32(2,3)43-29(39)7-5-4-6-28-36-26-18-21(30(40)37-27(19-42-35)20-8-11-22(33)12-9-20)10-17-25(26)31(41)38(28)24-15-13-23(34)14-16-24/h8-18,27H,4-7,19,35H2,1-3H3,(H,37,40)/t27-/m0/s1. The molecule has 4 aromatic rings. The number of hydrogen-bond donors (Lipinski definition) is 2.